The zero-order valence-electron chi connectivity index (χ0n) is 13.7. The summed E-state index contributed by atoms with van der Waals surface area (Å²) in [4.78, 5) is 0. The highest BCUT2D eigenvalue weighted by molar-refractivity contribution is 5.61. The van der Waals surface area contributed by atoms with Crippen molar-refractivity contribution in [3.63, 3.8) is 0 Å². The molecular formula is C16H18N4O5. The number of hydrogen-bond donors (Lipinski definition) is 0. The van der Waals surface area contributed by atoms with Gasteiger partial charge in [-0.2, -0.15) is 0 Å². The third-order valence-electron chi connectivity index (χ3n) is 4.89. The van der Waals surface area contributed by atoms with Crippen LogP contribution in [0.4, 0.5) is 0 Å². The Balaban J connectivity index is 1.47. The van der Waals surface area contributed by atoms with Crippen LogP contribution in [0, 0.1) is 0 Å². The van der Waals surface area contributed by atoms with Gasteiger partial charge in [0.05, 0.1) is 13.2 Å². The van der Waals surface area contributed by atoms with Crippen LogP contribution in [0.2, 0.25) is 0 Å². The van der Waals surface area contributed by atoms with Crippen LogP contribution < -0.4 is 9.47 Å². The molecule has 1 aromatic heterocycles. The molecule has 0 radical (unpaired) electrons. The molecule has 4 heterocycles. The van der Waals surface area contributed by atoms with E-state index in [-0.39, 0.29) is 24.4 Å². The molecule has 0 N–H and O–H groups in total. The van der Waals surface area contributed by atoms with Crippen molar-refractivity contribution in [2.24, 2.45) is 0 Å². The van der Waals surface area contributed by atoms with Gasteiger partial charge in [-0.1, -0.05) is 0 Å². The fourth-order valence-corrected chi connectivity index (χ4v) is 3.65. The lowest BCUT2D eigenvalue weighted by atomic mass is 10.1. The normalized spacial score (nSPS) is 30.4. The fourth-order valence-electron chi connectivity index (χ4n) is 3.65. The second kappa shape index (κ2) is 5.94. The van der Waals surface area contributed by atoms with Crippen molar-refractivity contribution in [2.75, 3.05) is 33.5 Å². The van der Waals surface area contributed by atoms with Gasteiger partial charge in [0, 0.05) is 12.7 Å². The molecule has 132 valence electrons. The number of benzene rings is 1. The molecule has 25 heavy (non-hydrogen) atoms. The predicted molar refractivity (Wildman–Crippen MR) is 83.6 cm³/mol. The molecule has 0 unspecified atom stereocenters. The second-order valence-electron chi connectivity index (χ2n) is 6.24. The van der Waals surface area contributed by atoms with Crippen molar-refractivity contribution in [3.05, 3.63) is 18.2 Å². The van der Waals surface area contributed by atoms with Gasteiger partial charge >= 0.3 is 0 Å². The first-order valence-corrected chi connectivity index (χ1v) is 8.29. The van der Waals surface area contributed by atoms with E-state index in [2.05, 4.69) is 15.5 Å². The van der Waals surface area contributed by atoms with E-state index in [1.54, 1.807) is 11.8 Å². The smallest absolute Gasteiger partial charge is 0.182 e. The number of rotatable bonds is 3. The van der Waals surface area contributed by atoms with Gasteiger partial charge in [-0.3, -0.25) is 0 Å². The van der Waals surface area contributed by atoms with Crippen molar-refractivity contribution in [1.82, 2.24) is 20.2 Å². The van der Waals surface area contributed by atoms with E-state index in [0.29, 0.717) is 38.0 Å². The Morgan fingerprint density at radius 3 is 2.80 bits per heavy atom. The van der Waals surface area contributed by atoms with Crippen LogP contribution in [-0.4, -0.2) is 72.1 Å². The summed E-state index contributed by atoms with van der Waals surface area (Å²) >= 11 is 0. The zero-order chi connectivity index (χ0) is 16.8. The van der Waals surface area contributed by atoms with Crippen molar-refractivity contribution >= 4 is 0 Å². The summed E-state index contributed by atoms with van der Waals surface area (Å²) in [6.45, 7) is 2.10. The maximum absolute atomic E-state index is 5.89. The van der Waals surface area contributed by atoms with Crippen LogP contribution in [-0.2, 0) is 14.2 Å². The van der Waals surface area contributed by atoms with Crippen molar-refractivity contribution in [1.29, 1.82) is 0 Å². The van der Waals surface area contributed by atoms with E-state index in [1.165, 1.54) is 0 Å². The van der Waals surface area contributed by atoms with E-state index in [4.69, 9.17) is 23.7 Å². The third kappa shape index (κ3) is 2.38. The standard InChI is InChI=1S/C16H18N4O5/c1-21-13-8-25-14-10(7-24-15(13)14)20-16(17-18-19-20)9-2-3-11-12(6-9)23-5-4-22-11/h2-3,6,10,13-15H,4-5,7-8H2,1H3/t10-,13-,14-,15+/m0/s1. The second-order valence-corrected chi connectivity index (χ2v) is 6.24. The number of tetrazole rings is 1. The molecule has 9 heteroatoms. The lowest BCUT2D eigenvalue weighted by molar-refractivity contribution is -0.00906. The van der Waals surface area contributed by atoms with E-state index >= 15 is 0 Å². The van der Waals surface area contributed by atoms with Crippen LogP contribution in [0.1, 0.15) is 6.04 Å². The minimum atomic E-state index is -0.121. The average molecular weight is 346 g/mol. The summed E-state index contributed by atoms with van der Waals surface area (Å²) in [5, 5.41) is 12.2. The monoisotopic (exact) mass is 346 g/mol. The predicted octanol–water partition coefficient (Wildman–Crippen LogP) is 0.465. The first kappa shape index (κ1) is 15.1. The van der Waals surface area contributed by atoms with Crippen LogP contribution in [0.5, 0.6) is 11.5 Å². The Morgan fingerprint density at radius 2 is 1.92 bits per heavy atom. The molecule has 0 aliphatic carbocycles. The fraction of sp³-hybridized carbons (Fsp3) is 0.562. The number of fused-ring (bicyclic) bond motifs is 2. The minimum absolute atomic E-state index is 0.0516. The highest BCUT2D eigenvalue weighted by Gasteiger charge is 2.49. The Kier molecular flexibility index (Phi) is 3.58. The molecule has 3 aliphatic rings. The minimum Gasteiger partial charge on any atom is -0.486 e. The van der Waals surface area contributed by atoms with Crippen LogP contribution >= 0.6 is 0 Å². The van der Waals surface area contributed by atoms with Gasteiger partial charge in [0.25, 0.3) is 0 Å². The van der Waals surface area contributed by atoms with Gasteiger partial charge in [-0.15, -0.1) is 5.10 Å². The summed E-state index contributed by atoms with van der Waals surface area (Å²) < 4.78 is 30.2. The Labute approximate surface area is 143 Å². The number of nitrogens with zero attached hydrogens (tertiary/aromatic N) is 4. The topological polar surface area (TPSA) is 89.8 Å². The van der Waals surface area contributed by atoms with Gasteiger partial charge in [0.15, 0.2) is 17.3 Å². The van der Waals surface area contributed by atoms with Gasteiger partial charge in [0.2, 0.25) is 0 Å². The highest BCUT2D eigenvalue weighted by atomic mass is 16.6. The number of methoxy groups -OCH3 is 1. The van der Waals surface area contributed by atoms with Gasteiger partial charge in [0.1, 0.15) is 37.6 Å². The van der Waals surface area contributed by atoms with Gasteiger partial charge in [-0.05, 0) is 28.6 Å². The quantitative estimate of drug-likeness (QED) is 0.792. The Hall–Kier alpha value is -2.23. The molecule has 9 nitrogen and oxygen atoms in total. The highest BCUT2D eigenvalue weighted by Crippen LogP contribution is 2.38. The summed E-state index contributed by atoms with van der Waals surface area (Å²) in [5.41, 5.74) is 0.860. The van der Waals surface area contributed by atoms with E-state index in [9.17, 15) is 0 Å². The van der Waals surface area contributed by atoms with Crippen LogP contribution in [0.3, 0.4) is 0 Å². The van der Waals surface area contributed by atoms with Crippen LogP contribution in [0.15, 0.2) is 18.2 Å². The number of hydrogen-bond acceptors (Lipinski definition) is 8. The molecule has 2 aromatic rings. The van der Waals surface area contributed by atoms with E-state index in [0.717, 1.165) is 11.3 Å². The van der Waals surface area contributed by atoms with E-state index < -0.39 is 0 Å². The molecular weight excluding hydrogens is 328 g/mol. The van der Waals surface area contributed by atoms with Gasteiger partial charge < -0.3 is 23.7 Å². The first-order chi connectivity index (χ1) is 12.3. The maximum Gasteiger partial charge on any atom is 0.182 e. The molecule has 0 amide bonds. The maximum atomic E-state index is 5.89. The molecule has 0 spiro atoms. The molecule has 2 fully saturated rings. The molecule has 0 saturated carbocycles. The van der Waals surface area contributed by atoms with Gasteiger partial charge in [-0.25, -0.2) is 4.68 Å². The Bertz CT molecular complexity index is 782. The molecule has 4 atom stereocenters. The summed E-state index contributed by atoms with van der Waals surface area (Å²) in [6.07, 6.45) is -0.263. The lowest BCUT2D eigenvalue weighted by Gasteiger charge is -2.20. The zero-order valence-corrected chi connectivity index (χ0v) is 13.7. The SMILES string of the molecule is CO[C@H]1CO[C@@H]2[C@@H]1OC[C@@H]2n1nnnc1-c1ccc2c(c1)OCCO2. The molecule has 3 aliphatic heterocycles. The van der Waals surface area contributed by atoms with E-state index in [1.807, 2.05) is 18.2 Å². The van der Waals surface area contributed by atoms with Crippen molar-refractivity contribution < 1.29 is 23.7 Å². The third-order valence-corrected chi connectivity index (χ3v) is 4.89. The largest absolute Gasteiger partial charge is 0.486 e. The Morgan fingerprint density at radius 1 is 1.08 bits per heavy atom. The van der Waals surface area contributed by atoms with Crippen molar-refractivity contribution in [3.8, 4) is 22.9 Å². The molecule has 1 aromatic carbocycles. The van der Waals surface area contributed by atoms with Crippen LogP contribution in [0.25, 0.3) is 11.4 Å². The molecule has 0 bridgehead atoms. The number of aromatic nitrogens is 4. The summed E-state index contributed by atoms with van der Waals surface area (Å²) in [7, 11) is 1.67. The summed E-state index contributed by atoms with van der Waals surface area (Å²) in [5.74, 6) is 2.09. The molecule has 2 saturated heterocycles. The first-order valence-electron chi connectivity index (χ1n) is 8.29. The molecule has 5 rings (SSSR count). The lowest BCUT2D eigenvalue weighted by Crippen LogP contribution is -2.31. The van der Waals surface area contributed by atoms with Crippen molar-refractivity contribution in [2.45, 2.75) is 24.4 Å². The number of ether oxygens (including phenoxy) is 5. The average Bonchev–Trinajstić information content (AvgIpc) is 3.36. The summed E-state index contributed by atoms with van der Waals surface area (Å²) in [6, 6.07) is 5.61.